The van der Waals surface area contributed by atoms with Crippen molar-refractivity contribution in [3.63, 3.8) is 0 Å². The van der Waals surface area contributed by atoms with Crippen molar-refractivity contribution < 1.29 is 9.13 Å². The average molecular weight is 320 g/mol. The molecule has 1 N–H and O–H groups in total. The topological polar surface area (TPSA) is 68.5 Å². The number of hydrogen-bond acceptors (Lipinski definition) is 6. The van der Waals surface area contributed by atoms with Gasteiger partial charge in [0.25, 0.3) is 5.56 Å². The zero-order valence-electron chi connectivity index (χ0n) is 12.0. The predicted molar refractivity (Wildman–Crippen MR) is 82.7 cm³/mol. The van der Waals surface area contributed by atoms with Crippen LogP contribution in [0.1, 0.15) is 12.6 Å². The van der Waals surface area contributed by atoms with Crippen LogP contribution in [0, 0.1) is 5.82 Å². The minimum absolute atomic E-state index is 0.134. The van der Waals surface area contributed by atoms with Gasteiger partial charge in [0.2, 0.25) is 10.1 Å². The maximum absolute atomic E-state index is 13.4. The Bertz CT molecular complexity index is 890. The fourth-order valence-corrected chi connectivity index (χ4v) is 2.79. The summed E-state index contributed by atoms with van der Waals surface area (Å²) in [6.07, 6.45) is 0.682. The van der Waals surface area contributed by atoms with Gasteiger partial charge in [-0.05, 0) is 18.6 Å². The Balaban J connectivity index is 1.97. The van der Waals surface area contributed by atoms with Gasteiger partial charge < -0.3 is 10.1 Å². The van der Waals surface area contributed by atoms with Gasteiger partial charge in [-0.15, -0.1) is 5.10 Å². The second-order valence-electron chi connectivity index (χ2n) is 4.52. The zero-order valence-corrected chi connectivity index (χ0v) is 12.8. The van der Waals surface area contributed by atoms with Crippen molar-refractivity contribution in [2.45, 2.75) is 13.3 Å². The number of hydrogen-bond donors (Lipinski definition) is 1. The molecule has 2 aromatic heterocycles. The van der Waals surface area contributed by atoms with Crippen LogP contribution in [0.2, 0.25) is 0 Å². The number of methoxy groups -OCH3 is 1. The van der Waals surface area contributed by atoms with Gasteiger partial charge in [-0.3, -0.25) is 4.79 Å². The summed E-state index contributed by atoms with van der Waals surface area (Å²) in [5, 5.41) is 7.69. The van der Waals surface area contributed by atoms with Gasteiger partial charge in [0.1, 0.15) is 0 Å². The molecule has 0 atom stereocenters. The van der Waals surface area contributed by atoms with Gasteiger partial charge in [0, 0.05) is 23.5 Å². The quantitative estimate of drug-likeness (QED) is 0.800. The SMILES string of the molecule is CCc1cc(=O)n2nc(Nc3ccc(F)c(OC)c3)sc2n1. The highest BCUT2D eigenvalue weighted by Crippen LogP contribution is 2.26. The predicted octanol–water partition coefficient (Wildman–Crippen LogP) is 2.60. The minimum Gasteiger partial charge on any atom is -0.494 e. The van der Waals surface area contributed by atoms with Crippen LogP contribution < -0.4 is 15.6 Å². The Morgan fingerprint density at radius 2 is 2.23 bits per heavy atom. The third-order valence-electron chi connectivity index (χ3n) is 3.06. The highest BCUT2D eigenvalue weighted by molar-refractivity contribution is 7.20. The summed E-state index contributed by atoms with van der Waals surface area (Å²) >= 11 is 1.25. The van der Waals surface area contributed by atoms with E-state index in [0.717, 1.165) is 5.69 Å². The number of halogens is 1. The Hall–Kier alpha value is -2.48. The van der Waals surface area contributed by atoms with Crippen molar-refractivity contribution in [1.82, 2.24) is 14.6 Å². The molecular weight excluding hydrogens is 307 g/mol. The highest BCUT2D eigenvalue weighted by Gasteiger charge is 2.10. The molecule has 0 radical (unpaired) electrons. The third-order valence-corrected chi connectivity index (χ3v) is 3.89. The van der Waals surface area contributed by atoms with Gasteiger partial charge in [0.05, 0.1) is 7.11 Å². The van der Waals surface area contributed by atoms with Crippen molar-refractivity contribution in [3.8, 4) is 5.75 Å². The number of nitrogens with one attached hydrogen (secondary N) is 1. The van der Waals surface area contributed by atoms with E-state index in [1.165, 1.54) is 41.2 Å². The smallest absolute Gasteiger partial charge is 0.275 e. The van der Waals surface area contributed by atoms with Crippen molar-refractivity contribution in [1.29, 1.82) is 0 Å². The summed E-state index contributed by atoms with van der Waals surface area (Å²) in [5.74, 6) is -0.308. The van der Waals surface area contributed by atoms with E-state index in [2.05, 4.69) is 15.4 Å². The van der Waals surface area contributed by atoms with Crippen LogP contribution in [0.25, 0.3) is 4.96 Å². The normalized spacial score (nSPS) is 10.9. The van der Waals surface area contributed by atoms with Crippen molar-refractivity contribution in [2.75, 3.05) is 12.4 Å². The first-order valence-corrected chi connectivity index (χ1v) is 7.42. The lowest BCUT2D eigenvalue weighted by molar-refractivity contribution is 0.387. The van der Waals surface area contributed by atoms with Gasteiger partial charge in [0.15, 0.2) is 11.6 Å². The van der Waals surface area contributed by atoms with Crippen LogP contribution in [-0.2, 0) is 6.42 Å². The molecule has 3 rings (SSSR count). The molecule has 0 fully saturated rings. The maximum Gasteiger partial charge on any atom is 0.275 e. The molecule has 0 amide bonds. The van der Waals surface area contributed by atoms with E-state index in [9.17, 15) is 9.18 Å². The van der Waals surface area contributed by atoms with E-state index < -0.39 is 5.82 Å². The number of fused-ring (bicyclic) bond motifs is 1. The zero-order chi connectivity index (χ0) is 15.7. The number of anilines is 2. The molecule has 0 saturated carbocycles. The maximum atomic E-state index is 13.4. The average Bonchev–Trinajstić information content (AvgIpc) is 2.92. The molecule has 3 aromatic rings. The molecule has 0 bridgehead atoms. The third kappa shape index (κ3) is 2.64. The fourth-order valence-electron chi connectivity index (χ4n) is 1.95. The number of nitrogens with zero attached hydrogens (tertiary/aromatic N) is 3. The molecule has 6 nitrogen and oxygen atoms in total. The monoisotopic (exact) mass is 320 g/mol. The van der Waals surface area contributed by atoms with E-state index in [1.807, 2.05) is 6.92 Å². The standard InChI is InChI=1S/C14H13FN4O2S/c1-3-8-7-12(20)19-14(17-8)22-13(18-19)16-9-4-5-10(15)11(6-9)21-2/h4-7H,3H2,1-2H3,(H,16,18). The molecule has 0 aliphatic heterocycles. The summed E-state index contributed by atoms with van der Waals surface area (Å²) in [6.45, 7) is 1.93. The molecule has 0 aliphatic rings. The molecule has 22 heavy (non-hydrogen) atoms. The molecule has 114 valence electrons. The molecule has 0 aliphatic carbocycles. The van der Waals surface area contributed by atoms with Gasteiger partial charge >= 0.3 is 0 Å². The fraction of sp³-hybridized carbons (Fsp3) is 0.214. The Kier molecular flexibility index (Phi) is 3.76. The van der Waals surface area contributed by atoms with Crippen LogP contribution in [-0.4, -0.2) is 21.7 Å². The Morgan fingerprint density at radius 1 is 1.41 bits per heavy atom. The first-order valence-electron chi connectivity index (χ1n) is 6.61. The minimum atomic E-state index is -0.442. The molecule has 0 unspecified atom stereocenters. The van der Waals surface area contributed by atoms with Gasteiger partial charge in [-0.1, -0.05) is 18.3 Å². The summed E-state index contributed by atoms with van der Waals surface area (Å²) in [7, 11) is 1.40. The van der Waals surface area contributed by atoms with E-state index in [-0.39, 0.29) is 11.3 Å². The van der Waals surface area contributed by atoms with E-state index in [0.29, 0.717) is 22.2 Å². The number of ether oxygens (including phenoxy) is 1. The molecule has 1 aromatic carbocycles. The van der Waals surface area contributed by atoms with Gasteiger partial charge in [-0.25, -0.2) is 9.37 Å². The van der Waals surface area contributed by atoms with E-state index in [1.54, 1.807) is 6.07 Å². The van der Waals surface area contributed by atoms with Crippen molar-refractivity contribution in [3.05, 3.63) is 46.1 Å². The summed E-state index contributed by atoms with van der Waals surface area (Å²) in [5.41, 5.74) is 1.12. The largest absolute Gasteiger partial charge is 0.494 e. The lowest BCUT2D eigenvalue weighted by Crippen LogP contribution is -2.15. The van der Waals surface area contributed by atoms with Gasteiger partial charge in [-0.2, -0.15) is 4.52 Å². The second kappa shape index (κ2) is 5.72. The lowest BCUT2D eigenvalue weighted by atomic mass is 10.3. The molecule has 0 spiro atoms. The number of rotatable bonds is 4. The second-order valence-corrected chi connectivity index (χ2v) is 5.47. The van der Waals surface area contributed by atoms with Crippen LogP contribution in [0.4, 0.5) is 15.2 Å². The molecule has 8 heteroatoms. The van der Waals surface area contributed by atoms with Crippen LogP contribution in [0.5, 0.6) is 5.75 Å². The lowest BCUT2D eigenvalue weighted by Gasteiger charge is -2.05. The molecular formula is C14H13FN4O2S. The van der Waals surface area contributed by atoms with Crippen LogP contribution in [0.15, 0.2) is 29.1 Å². The number of benzene rings is 1. The summed E-state index contributed by atoms with van der Waals surface area (Å²) in [6, 6.07) is 5.86. The first kappa shape index (κ1) is 14.5. The Morgan fingerprint density at radius 3 is 2.95 bits per heavy atom. The number of aryl methyl sites for hydroxylation is 1. The molecule has 0 saturated heterocycles. The number of aromatic nitrogens is 3. The Labute approximate surface area is 129 Å². The van der Waals surface area contributed by atoms with Crippen LogP contribution >= 0.6 is 11.3 Å². The molecule has 2 heterocycles. The highest BCUT2D eigenvalue weighted by atomic mass is 32.1. The van der Waals surface area contributed by atoms with E-state index >= 15 is 0 Å². The van der Waals surface area contributed by atoms with Crippen LogP contribution in [0.3, 0.4) is 0 Å². The van der Waals surface area contributed by atoms with E-state index in [4.69, 9.17) is 4.74 Å². The summed E-state index contributed by atoms with van der Waals surface area (Å²) < 4.78 is 19.6. The summed E-state index contributed by atoms with van der Waals surface area (Å²) in [4.78, 5) is 16.8. The van der Waals surface area contributed by atoms with Crippen molar-refractivity contribution in [2.24, 2.45) is 0 Å². The van der Waals surface area contributed by atoms with Crippen molar-refractivity contribution >= 4 is 27.1 Å². The first-order chi connectivity index (χ1) is 10.6.